The molecule has 1 fully saturated rings. The predicted octanol–water partition coefficient (Wildman–Crippen LogP) is 2.73. The fourth-order valence-electron chi connectivity index (χ4n) is 2.81. The molecule has 1 heterocycles. The average molecular weight is 488 g/mol. The van der Waals surface area contributed by atoms with Crippen LogP contribution in [0, 0.1) is 16.0 Å². The molecule has 2 rings (SSSR count). The first-order valence-corrected chi connectivity index (χ1v) is 8.50. The van der Waals surface area contributed by atoms with E-state index in [1.807, 2.05) is 0 Å². The number of piperidine rings is 1. The topological polar surface area (TPSA) is 97.1 Å². The average Bonchev–Trinajstić information content (AvgIpc) is 2.68. The Morgan fingerprint density at radius 3 is 2.56 bits per heavy atom. The van der Waals surface area contributed by atoms with Crippen LogP contribution in [-0.4, -0.2) is 48.5 Å². The molecule has 0 amide bonds. The van der Waals surface area contributed by atoms with E-state index in [-0.39, 0.29) is 41.6 Å². The second kappa shape index (κ2) is 11.5. The van der Waals surface area contributed by atoms with Crippen molar-refractivity contribution in [1.29, 1.82) is 0 Å². The summed E-state index contributed by atoms with van der Waals surface area (Å²) in [7, 11) is 1.41. The van der Waals surface area contributed by atoms with Gasteiger partial charge < -0.3 is 15.0 Å². The molecule has 9 heteroatoms. The molecule has 148 valence electrons. The maximum Gasteiger partial charge on any atom is 0.308 e. The molecule has 0 saturated carbocycles. The van der Waals surface area contributed by atoms with Gasteiger partial charge in [0.25, 0.3) is 5.69 Å². The smallest absolute Gasteiger partial charge is 0.308 e. The Kier molecular flexibility index (Phi) is 9.76. The van der Waals surface area contributed by atoms with E-state index in [1.54, 1.807) is 18.2 Å². The lowest BCUT2D eigenvalue weighted by Crippen LogP contribution is -2.46. The molecule has 0 unspecified atom stereocenters. The minimum atomic E-state index is -0.421. The van der Waals surface area contributed by atoms with Crippen LogP contribution in [0.3, 0.4) is 0 Å². The molecule has 0 radical (unpaired) electrons. The van der Waals surface area contributed by atoms with E-state index in [0.29, 0.717) is 26.2 Å². The van der Waals surface area contributed by atoms with Gasteiger partial charge in [0.05, 0.1) is 24.5 Å². The highest BCUT2D eigenvalue weighted by Gasteiger charge is 2.26. The second-order valence-corrected chi connectivity index (χ2v) is 6.02. The zero-order valence-corrected chi connectivity index (χ0v) is 17.6. The molecule has 1 aliphatic heterocycles. The number of hydrogen-bond acceptors (Lipinski definition) is 5. The van der Waals surface area contributed by atoms with E-state index in [9.17, 15) is 14.9 Å². The lowest BCUT2D eigenvalue weighted by atomic mass is 9.97. The van der Waals surface area contributed by atoms with Crippen LogP contribution >= 0.6 is 24.0 Å². The molecule has 27 heavy (non-hydrogen) atoms. The van der Waals surface area contributed by atoms with Gasteiger partial charge in [-0.1, -0.05) is 18.2 Å². The number of carbonyl (C=O) groups excluding carboxylic acids is 1. The summed E-state index contributed by atoms with van der Waals surface area (Å²) in [5, 5.41) is 13.9. The second-order valence-electron chi connectivity index (χ2n) is 6.02. The van der Waals surface area contributed by atoms with Crippen LogP contribution in [0.5, 0.6) is 0 Å². The van der Waals surface area contributed by atoms with Gasteiger partial charge in [0.2, 0.25) is 0 Å². The van der Waals surface area contributed by atoms with Gasteiger partial charge in [-0.3, -0.25) is 14.9 Å². The van der Waals surface area contributed by atoms with Gasteiger partial charge in [-0.05, 0) is 18.4 Å². The van der Waals surface area contributed by atoms with Gasteiger partial charge in [0.1, 0.15) is 0 Å². The summed E-state index contributed by atoms with van der Waals surface area (Å²) in [6.45, 7) is 6.12. The Hall–Kier alpha value is -2.17. The number of nitro groups is 1. The highest BCUT2D eigenvalue weighted by atomic mass is 127. The van der Waals surface area contributed by atoms with E-state index >= 15 is 0 Å². The highest BCUT2D eigenvalue weighted by Crippen LogP contribution is 2.19. The number of likely N-dealkylation sites (tertiary alicyclic amines) is 1. The number of hydrogen-bond donors (Lipinski definition) is 1. The van der Waals surface area contributed by atoms with Gasteiger partial charge in [-0.15, -0.1) is 30.6 Å². The van der Waals surface area contributed by atoms with Crippen molar-refractivity contribution in [2.24, 2.45) is 10.9 Å². The molecular weight excluding hydrogens is 463 g/mol. The van der Waals surface area contributed by atoms with E-state index in [0.717, 1.165) is 24.4 Å². The first-order valence-electron chi connectivity index (χ1n) is 8.50. The van der Waals surface area contributed by atoms with Crippen LogP contribution < -0.4 is 5.32 Å². The van der Waals surface area contributed by atoms with E-state index in [2.05, 4.69) is 21.8 Å². The van der Waals surface area contributed by atoms with Crippen LogP contribution in [0.4, 0.5) is 5.69 Å². The summed E-state index contributed by atoms with van der Waals surface area (Å²) >= 11 is 0. The third-order valence-corrected chi connectivity index (χ3v) is 4.29. The summed E-state index contributed by atoms with van der Waals surface area (Å²) in [6.07, 6.45) is 3.20. The third kappa shape index (κ3) is 6.81. The van der Waals surface area contributed by atoms with Gasteiger partial charge in [-0.2, -0.15) is 0 Å². The van der Waals surface area contributed by atoms with E-state index in [4.69, 9.17) is 4.74 Å². The molecule has 0 aromatic heterocycles. The zero-order valence-electron chi connectivity index (χ0n) is 15.3. The van der Waals surface area contributed by atoms with Crippen molar-refractivity contribution < 1.29 is 14.5 Å². The van der Waals surface area contributed by atoms with E-state index in [1.165, 1.54) is 19.2 Å². The molecule has 1 aromatic carbocycles. The summed E-state index contributed by atoms with van der Waals surface area (Å²) in [6, 6.07) is 6.36. The monoisotopic (exact) mass is 488 g/mol. The zero-order chi connectivity index (χ0) is 18.9. The van der Waals surface area contributed by atoms with Crippen LogP contribution in [0.2, 0.25) is 0 Å². The lowest BCUT2D eigenvalue weighted by Gasteiger charge is -2.33. The molecular formula is C18H25IN4O4. The molecule has 0 spiro atoms. The van der Waals surface area contributed by atoms with Crippen LogP contribution in [0.25, 0.3) is 0 Å². The Morgan fingerprint density at radius 2 is 2.04 bits per heavy atom. The molecule has 1 N–H and O–H groups in total. The Labute approximate surface area is 175 Å². The van der Waals surface area contributed by atoms with Crippen molar-refractivity contribution in [2.75, 3.05) is 26.7 Å². The maximum atomic E-state index is 11.7. The number of guanidine groups is 1. The number of esters is 1. The van der Waals surface area contributed by atoms with Crippen molar-refractivity contribution in [2.45, 2.75) is 19.4 Å². The largest absolute Gasteiger partial charge is 0.469 e. The van der Waals surface area contributed by atoms with Gasteiger partial charge >= 0.3 is 5.97 Å². The summed E-state index contributed by atoms with van der Waals surface area (Å²) in [5.41, 5.74) is 0.950. The Balaban J connectivity index is 0.00000364. The standard InChI is InChI=1S/C18H24N4O4.HI/c1-3-10-19-18(21-11-8-15(9-12-21)17(23)26-2)20-13-14-4-6-16(7-5-14)22(24)25;/h3-7,15H,1,8-13H2,2H3,(H,19,20);1H. The minimum absolute atomic E-state index is 0. The number of aliphatic imine (C=N–C) groups is 1. The number of ether oxygens (including phenoxy) is 1. The number of carbonyl (C=O) groups is 1. The first-order chi connectivity index (χ1) is 12.5. The normalized spacial score (nSPS) is 14.9. The van der Waals surface area contributed by atoms with Crippen LogP contribution in [-0.2, 0) is 16.1 Å². The molecule has 0 bridgehead atoms. The van der Waals surface area contributed by atoms with Crippen LogP contribution in [0.15, 0.2) is 41.9 Å². The molecule has 1 aromatic rings. The number of halogens is 1. The fourth-order valence-corrected chi connectivity index (χ4v) is 2.81. The van der Waals surface area contributed by atoms with Crippen molar-refractivity contribution >= 4 is 41.6 Å². The first kappa shape index (κ1) is 22.9. The maximum absolute atomic E-state index is 11.7. The molecule has 0 atom stereocenters. The fraction of sp³-hybridized carbons (Fsp3) is 0.444. The number of benzene rings is 1. The van der Waals surface area contributed by atoms with E-state index < -0.39 is 4.92 Å². The van der Waals surface area contributed by atoms with Gasteiger partial charge in [0, 0.05) is 31.8 Å². The summed E-state index contributed by atoms with van der Waals surface area (Å²) in [4.78, 5) is 28.7. The molecule has 0 aliphatic carbocycles. The van der Waals surface area contributed by atoms with Gasteiger partial charge in [-0.25, -0.2) is 4.99 Å². The summed E-state index contributed by atoms with van der Waals surface area (Å²) in [5.74, 6) is 0.520. The number of nitrogens with one attached hydrogen (secondary N) is 1. The number of non-ortho nitro benzene ring substituents is 1. The number of nitro benzene ring substituents is 1. The van der Waals surface area contributed by atoms with Crippen molar-refractivity contribution in [1.82, 2.24) is 10.2 Å². The van der Waals surface area contributed by atoms with Crippen LogP contribution in [0.1, 0.15) is 18.4 Å². The van der Waals surface area contributed by atoms with Crippen molar-refractivity contribution in [3.8, 4) is 0 Å². The molecule has 8 nitrogen and oxygen atoms in total. The minimum Gasteiger partial charge on any atom is -0.469 e. The highest BCUT2D eigenvalue weighted by molar-refractivity contribution is 14.0. The van der Waals surface area contributed by atoms with Crippen molar-refractivity contribution in [3.05, 3.63) is 52.6 Å². The lowest BCUT2D eigenvalue weighted by molar-refractivity contribution is -0.384. The third-order valence-electron chi connectivity index (χ3n) is 4.29. The number of nitrogens with zero attached hydrogens (tertiary/aromatic N) is 3. The summed E-state index contributed by atoms with van der Waals surface area (Å²) < 4.78 is 4.82. The molecule has 1 saturated heterocycles. The van der Waals surface area contributed by atoms with Crippen molar-refractivity contribution in [3.63, 3.8) is 0 Å². The molecule has 1 aliphatic rings. The number of methoxy groups -OCH3 is 1. The quantitative estimate of drug-likeness (QED) is 0.126. The van der Waals surface area contributed by atoms with Gasteiger partial charge in [0.15, 0.2) is 5.96 Å². The SMILES string of the molecule is C=CCNC(=NCc1ccc([N+](=O)[O-])cc1)N1CCC(C(=O)OC)CC1.I. The predicted molar refractivity (Wildman–Crippen MR) is 114 cm³/mol. The number of rotatable bonds is 6. The Morgan fingerprint density at radius 1 is 1.41 bits per heavy atom. The Bertz CT molecular complexity index is 670.